The van der Waals surface area contributed by atoms with Crippen LogP contribution in [-0.4, -0.2) is 64.6 Å². The van der Waals surface area contributed by atoms with E-state index >= 15 is 0 Å². The third kappa shape index (κ3) is 4.24. The molecule has 0 spiro atoms. The van der Waals surface area contributed by atoms with Crippen LogP contribution in [0, 0.1) is 6.92 Å². The van der Waals surface area contributed by atoms with Crippen LogP contribution in [0.3, 0.4) is 0 Å². The Morgan fingerprint density at radius 1 is 1.50 bits per heavy atom. The number of amides is 1. The molecule has 0 aromatic carbocycles. The Hall–Kier alpha value is -1.53. The number of likely N-dealkylation sites (N-methyl/N-ethyl adjacent to an activating group) is 1. The van der Waals surface area contributed by atoms with Gasteiger partial charge in [-0.3, -0.25) is 9.69 Å². The van der Waals surface area contributed by atoms with E-state index in [1.807, 2.05) is 13.0 Å². The van der Waals surface area contributed by atoms with Crippen LogP contribution in [0.25, 0.3) is 0 Å². The third-order valence-corrected chi connectivity index (χ3v) is 4.20. The molecule has 0 radical (unpaired) electrons. The lowest BCUT2D eigenvalue weighted by Gasteiger charge is -2.19. The van der Waals surface area contributed by atoms with Crippen molar-refractivity contribution in [3.63, 3.8) is 0 Å². The Morgan fingerprint density at radius 3 is 2.91 bits per heavy atom. The first-order valence-electron chi connectivity index (χ1n) is 7.90. The number of aryl methyl sites for hydroxylation is 2. The van der Waals surface area contributed by atoms with Gasteiger partial charge < -0.3 is 10.0 Å². The molecule has 1 aliphatic heterocycles. The molecule has 22 heavy (non-hydrogen) atoms. The second-order valence-corrected chi connectivity index (χ2v) is 6.04. The first-order valence-corrected chi connectivity index (χ1v) is 7.90. The molecule has 6 nitrogen and oxygen atoms in total. The van der Waals surface area contributed by atoms with Crippen LogP contribution in [0.15, 0.2) is 6.07 Å². The smallest absolute Gasteiger partial charge is 0.222 e. The maximum Gasteiger partial charge on any atom is 0.222 e. The maximum absolute atomic E-state index is 11.9. The molecular weight excluding hydrogens is 280 g/mol. The number of likely N-dealkylation sites (tertiary alicyclic amines) is 1. The molecule has 1 aliphatic rings. The van der Waals surface area contributed by atoms with Gasteiger partial charge in [-0.1, -0.05) is 0 Å². The number of aliphatic hydroxyl groups is 1. The van der Waals surface area contributed by atoms with Crippen LogP contribution < -0.4 is 0 Å². The van der Waals surface area contributed by atoms with Crippen LogP contribution in [0.2, 0.25) is 0 Å². The molecule has 1 fully saturated rings. The first-order chi connectivity index (χ1) is 10.5. The van der Waals surface area contributed by atoms with Gasteiger partial charge >= 0.3 is 0 Å². The van der Waals surface area contributed by atoms with Gasteiger partial charge in [-0.2, -0.15) is 0 Å². The number of carbonyl (C=O) groups is 1. The van der Waals surface area contributed by atoms with Crippen molar-refractivity contribution in [1.82, 2.24) is 19.8 Å². The van der Waals surface area contributed by atoms with Gasteiger partial charge in [-0.15, -0.1) is 0 Å². The lowest BCUT2D eigenvalue weighted by molar-refractivity contribution is -0.130. The van der Waals surface area contributed by atoms with Gasteiger partial charge in [-0.25, -0.2) is 9.97 Å². The van der Waals surface area contributed by atoms with Crippen LogP contribution >= 0.6 is 0 Å². The molecule has 0 aliphatic carbocycles. The van der Waals surface area contributed by atoms with Crippen molar-refractivity contribution in [2.24, 2.45) is 0 Å². The van der Waals surface area contributed by atoms with E-state index < -0.39 is 0 Å². The standard InChI is InChI=1S/C16H26N4O2/c1-12-11-13(6-7-15(22)20(3)9-10-21)18-16(17-12)14-5-4-8-19(14)2/h11,14,21H,4-10H2,1-3H3/t14-/m0/s1. The predicted octanol–water partition coefficient (Wildman–Crippen LogP) is 0.935. The number of aromatic nitrogens is 2. The zero-order chi connectivity index (χ0) is 16.1. The average Bonchev–Trinajstić information content (AvgIpc) is 2.90. The number of aliphatic hydroxyl groups excluding tert-OH is 1. The molecule has 1 amide bonds. The summed E-state index contributed by atoms with van der Waals surface area (Å²) in [7, 11) is 3.82. The molecule has 1 aromatic heterocycles. The summed E-state index contributed by atoms with van der Waals surface area (Å²) in [6, 6.07) is 2.25. The van der Waals surface area contributed by atoms with Gasteiger partial charge in [0.05, 0.1) is 12.6 Å². The van der Waals surface area contributed by atoms with E-state index in [0.29, 0.717) is 25.4 Å². The number of hydrogen-bond acceptors (Lipinski definition) is 5. The van der Waals surface area contributed by atoms with Crippen molar-refractivity contribution in [3.8, 4) is 0 Å². The molecule has 6 heteroatoms. The van der Waals surface area contributed by atoms with Crippen molar-refractivity contribution in [2.75, 3.05) is 33.8 Å². The van der Waals surface area contributed by atoms with E-state index in [4.69, 9.17) is 5.11 Å². The number of hydrogen-bond donors (Lipinski definition) is 1. The van der Waals surface area contributed by atoms with Gasteiger partial charge in [0.25, 0.3) is 0 Å². The topological polar surface area (TPSA) is 69.6 Å². The molecule has 0 saturated carbocycles. The highest BCUT2D eigenvalue weighted by Crippen LogP contribution is 2.28. The monoisotopic (exact) mass is 306 g/mol. The maximum atomic E-state index is 11.9. The zero-order valence-corrected chi connectivity index (χ0v) is 13.7. The molecule has 0 bridgehead atoms. The van der Waals surface area contributed by atoms with Crippen molar-refractivity contribution >= 4 is 5.91 Å². The fraction of sp³-hybridized carbons (Fsp3) is 0.688. The zero-order valence-electron chi connectivity index (χ0n) is 13.7. The van der Waals surface area contributed by atoms with E-state index in [0.717, 1.165) is 30.2 Å². The SMILES string of the molecule is Cc1cc(CCC(=O)N(C)CCO)nc([C@@H]2CCCN2C)n1. The van der Waals surface area contributed by atoms with Crippen LogP contribution in [0.4, 0.5) is 0 Å². The minimum Gasteiger partial charge on any atom is -0.395 e. The van der Waals surface area contributed by atoms with Crippen molar-refractivity contribution in [2.45, 2.75) is 38.6 Å². The Balaban J connectivity index is 2.02. The van der Waals surface area contributed by atoms with Crippen molar-refractivity contribution < 1.29 is 9.90 Å². The van der Waals surface area contributed by atoms with E-state index in [1.54, 1.807) is 11.9 Å². The molecule has 1 atom stereocenters. The summed E-state index contributed by atoms with van der Waals surface area (Å²) in [5, 5.41) is 8.87. The molecule has 122 valence electrons. The van der Waals surface area contributed by atoms with Gasteiger partial charge in [0.1, 0.15) is 5.82 Å². The van der Waals surface area contributed by atoms with Crippen molar-refractivity contribution in [1.29, 1.82) is 0 Å². The predicted molar refractivity (Wildman–Crippen MR) is 84.4 cm³/mol. The highest BCUT2D eigenvalue weighted by Gasteiger charge is 2.25. The number of rotatable bonds is 6. The number of nitrogens with zero attached hydrogens (tertiary/aromatic N) is 4. The van der Waals surface area contributed by atoms with Crippen LogP contribution in [0.5, 0.6) is 0 Å². The normalized spacial score (nSPS) is 18.6. The summed E-state index contributed by atoms with van der Waals surface area (Å²) in [5.74, 6) is 0.913. The Morgan fingerprint density at radius 2 is 2.27 bits per heavy atom. The highest BCUT2D eigenvalue weighted by molar-refractivity contribution is 5.76. The van der Waals surface area contributed by atoms with Crippen LogP contribution in [0.1, 0.15) is 42.5 Å². The Labute approximate surface area is 132 Å². The van der Waals surface area contributed by atoms with E-state index in [9.17, 15) is 4.79 Å². The Kier molecular flexibility index (Phi) is 5.85. The second kappa shape index (κ2) is 7.65. The quantitative estimate of drug-likeness (QED) is 0.847. The van der Waals surface area contributed by atoms with Crippen molar-refractivity contribution in [3.05, 3.63) is 23.3 Å². The first kappa shape index (κ1) is 16.8. The summed E-state index contributed by atoms with van der Waals surface area (Å²) in [6.45, 7) is 3.43. The second-order valence-electron chi connectivity index (χ2n) is 6.04. The van der Waals surface area contributed by atoms with E-state index in [-0.39, 0.29) is 12.5 Å². The fourth-order valence-corrected chi connectivity index (χ4v) is 2.87. The molecule has 0 unspecified atom stereocenters. The molecule has 1 aromatic rings. The highest BCUT2D eigenvalue weighted by atomic mass is 16.3. The van der Waals surface area contributed by atoms with Gasteiger partial charge in [0.15, 0.2) is 0 Å². The minimum atomic E-state index is -0.00693. The number of carbonyl (C=O) groups excluding carboxylic acids is 1. The molecule has 2 heterocycles. The fourth-order valence-electron chi connectivity index (χ4n) is 2.87. The van der Waals surface area contributed by atoms with E-state index in [1.165, 1.54) is 6.42 Å². The minimum absolute atomic E-state index is 0.00693. The summed E-state index contributed by atoms with van der Waals surface area (Å²) in [4.78, 5) is 25.0. The third-order valence-electron chi connectivity index (χ3n) is 4.20. The molecular formula is C16H26N4O2. The Bertz CT molecular complexity index is 521. The summed E-state index contributed by atoms with van der Waals surface area (Å²) in [5.41, 5.74) is 1.88. The van der Waals surface area contributed by atoms with Crippen LogP contribution in [-0.2, 0) is 11.2 Å². The van der Waals surface area contributed by atoms with Gasteiger partial charge in [-0.05, 0) is 45.8 Å². The summed E-state index contributed by atoms with van der Waals surface area (Å²) >= 11 is 0. The van der Waals surface area contributed by atoms with Gasteiger partial charge in [0.2, 0.25) is 5.91 Å². The molecule has 2 rings (SSSR count). The largest absolute Gasteiger partial charge is 0.395 e. The average molecular weight is 306 g/mol. The molecule has 1 N–H and O–H groups in total. The summed E-state index contributed by atoms with van der Waals surface area (Å²) in [6.07, 6.45) is 3.30. The van der Waals surface area contributed by atoms with E-state index in [2.05, 4.69) is 21.9 Å². The lowest BCUT2D eigenvalue weighted by Crippen LogP contribution is -2.29. The van der Waals surface area contributed by atoms with Gasteiger partial charge in [0, 0.05) is 31.4 Å². The molecule has 1 saturated heterocycles. The lowest BCUT2D eigenvalue weighted by atomic mass is 10.1. The summed E-state index contributed by atoms with van der Waals surface area (Å²) < 4.78 is 0.